The number of anilines is 1. The maximum atomic E-state index is 5.85. The Labute approximate surface area is 126 Å². The van der Waals surface area contributed by atoms with Gasteiger partial charge in [-0.2, -0.15) is 4.98 Å². The molecule has 0 radical (unpaired) electrons. The van der Waals surface area contributed by atoms with Crippen LogP contribution in [0.5, 0.6) is 5.88 Å². The molecule has 0 aromatic carbocycles. The van der Waals surface area contributed by atoms with Crippen LogP contribution in [0.1, 0.15) is 37.1 Å². The van der Waals surface area contributed by atoms with Crippen LogP contribution in [0.15, 0.2) is 0 Å². The molecule has 2 fully saturated rings. The van der Waals surface area contributed by atoms with Crippen LogP contribution in [-0.4, -0.2) is 42.9 Å². The molecule has 21 heavy (non-hydrogen) atoms. The van der Waals surface area contributed by atoms with Gasteiger partial charge in [0.05, 0.1) is 18.8 Å². The third-order valence-corrected chi connectivity index (χ3v) is 4.71. The lowest BCUT2D eigenvalue weighted by Gasteiger charge is -2.35. The summed E-state index contributed by atoms with van der Waals surface area (Å²) in [5, 5.41) is 0. The summed E-state index contributed by atoms with van der Waals surface area (Å²) in [4.78, 5) is 11.3. The van der Waals surface area contributed by atoms with Crippen molar-refractivity contribution < 1.29 is 9.47 Å². The van der Waals surface area contributed by atoms with Crippen LogP contribution >= 0.6 is 0 Å². The Morgan fingerprint density at radius 2 is 1.90 bits per heavy atom. The molecule has 0 saturated carbocycles. The zero-order valence-corrected chi connectivity index (χ0v) is 13.3. The van der Waals surface area contributed by atoms with E-state index in [9.17, 15) is 0 Å². The van der Waals surface area contributed by atoms with Crippen LogP contribution in [-0.2, 0) is 4.74 Å². The molecule has 1 aromatic rings. The number of hydrogen-bond donors (Lipinski definition) is 0. The summed E-state index contributed by atoms with van der Waals surface area (Å²) >= 11 is 0. The highest BCUT2D eigenvalue weighted by Gasteiger charge is 2.30. The number of rotatable bonds is 3. The summed E-state index contributed by atoms with van der Waals surface area (Å²) in [5.41, 5.74) is 1.04. The smallest absolute Gasteiger partial charge is 0.221 e. The molecule has 5 heteroatoms. The van der Waals surface area contributed by atoms with E-state index in [-0.39, 0.29) is 0 Å². The fourth-order valence-electron chi connectivity index (χ4n) is 3.55. The molecule has 2 aliphatic rings. The molecule has 1 unspecified atom stereocenters. The molecule has 0 amide bonds. The summed E-state index contributed by atoms with van der Waals surface area (Å²) in [7, 11) is 1.67. The first-order valence-corrected chi connectivity index (χ1v) is 7.95. The fourth-order valence-corrected chi connectivity index (χ4v) is 3.55. The maximum Gasteiger partial charge on any atom is 0.221 e. The number of aromatic nitrogens is 2. The van der Waals surface area contributed by atoms with E-state index in [1.807, 2.05) is 13.8 Å². The summed E-state index contributed by atoms with van der Waals surface area (Å²) in [6, 6.07) is 0. The molecule has 0 N–H and O–H groups in total. The van der Waals surface area contributed by atoms with Crippen LogP contribution in [0.4, 0.5) is 5.82 Å². The average Bonchev–Trinajstić information content (AvgIpc) is 3.04. The number of aryl methyl sites for hydroxylation is 1. The third-order valence-electron chi connectivity index (χ3n) is 4.71. The Hall–Kier alpha value is -1.36. The van der Waals surface area contributed by atoms with Gasteiger partial charge in [0.15, 0.2) is 0 Å². The molecule has 5 nitrogen and oxygen atoms in total. The number of ether oxygens (including phenoxy) is 2. The number of hydrogen-bond acceptors (Lipinski definition) is 5. The van der Waals surface area contributed by atoms with E-state index < -0.39 is 0 Å². The molecule has 3 rings (SSSR count). The second-order valence-electron chi connectivity index (χ2n) is 6.10. The van der Waals surface area contributed by atoms with Crippen LogP contribution in [0.3, 0.4) is 0 Å². The Balaban J connectivity index is 1.70. The molecular weight excluding hydrogens is 266 g/mol. The van der Waals surface area contributed by atoms with Crippen LogP contribution in [0.25, 0.3) is 0 Å². The zero-order chi connectivity index (χ0) is 14.8. The van der Waals surface area contributed by atoms with Crippen LogP contribution < -0.4 is 9.64 Å². The molecule has 116 valence electrons. The van der Waals surface area contributed by atoms with Crippen LogP contribution in [0.2, 0.25) is 0 Å². The van der Waals surface area contributed by atoms with Gasteiger partial charge in [-0.25, -0.2) is 4.98 Å². The molecule has 2 saturated heterocycles. The van der Waals surface area contributed by atoms with Crippen LogP contribution in [0, 0.1) is 19.8 Å². The van der Waals surface area contributed by atoms with Gasteiger partial charge in [-0.05, 0) is 45.4 Å². The van der Waals surface area contributed by atoms with E-state index in [1.54, 1.807) is 7.11 Å². The first-order chi connectivity index (χ1) is 10.2. The summed E-state index contributed by atoms with van der Waals surface area (Å²) in [6.45, 7) is 7.01. The minimum Gasteiger partial charge on any atom is -0.481 e. The van der Waals surface area contributed by atoms with Gasteiger partial charge in [0.1, 0.15) is 11.6 Å². The molecule has 2 aliphatic heterocycles. The quantitative estimate of drug-likeness (QED) is 0.856. The Kier molecular flexibility index (Phi) is 4.29. The van der Waals surface area contributed by atoms with Gasteiger partial charge >= 0.3 is 0 Å². The van der Waals surface area contributed by atoms with Crippen molar-refractivity contribution in [1.82, 2.24) is 9.97 Å². The highest BCUT2D eigenvalue weighted by atomic mass is 16.5. The maximum absolute atomic E-state index is 5.85. The second kappa shape index (κ2) is 6.18. The second-order valence-corrected chi connectivity index (χ2v) is 6.10. The largest absolute Gasteiger partial charge is 0.481 e. The summed E-state index contributed by atoms with van der Waals surface area (Å²) in [5.74, 6) is 3.21. The topological polar surface area (TPSA) is 47.5 Å². The summed E-state index contributed by atoms with van der Waals surface area (Å²) in [6.07, 6.45) is 5.34. The predicted molar refractivity (Wildman–Crippen MR) is 82.0 cm³/mol. The normalized spacial score (nSPS) is 23.6. The lowest BCUT2D eigenvalue weighted by Crippen LogP contribution is -2.38. The Morgan fingerprint density at radius 3 is 2.52 bits per heavy atom. The number of nitrogens with zero attached hydrogens (tertiary/aromatic N) is 3. The number of methoxy groups -OCH3 is 1. The Morgan fingerprint density at radius 1 is 1.14 bits per heavy atom. The lowest BCUT2D eigenvalue weighted by molar-refractivity contribution is 0.0531. The van der Waals surface area contributed by atoms with Crippen molar-refractivity contribution in [2.75, 3.05) is 31.7 Å². The van der Waals surface area contributed by atoms with Crippen molar-refractivity contribution in [1.29, 1.82) is 0 Å². The van der Waals surface area contributed by atoms with Gasteiger partial charge < -0.3 is 14.4 Å². The Bertz CT molecular complexity index is 493. The van der Waals surface area contributed by atoms with Gasteiger partial charge in [-0.1, -0.05) is 0 Å². The van der Waals surface area contributed by atoms with E-state index in [0.717, 1.165) is 36.9 Å². The van der Waals surface area contributed by atoms with Crippen molar-refractivity contribution in [2.45, 2.75) is 45.6 Å². The van der Waals surface area contributed by atoms with Crippen molar-refractivity contribution in [3.8, 4) is 5.88 Å². The van der Waals surface area contributed by atoms with Crippen molar-refractivity contribution in [3.63, 3.8) is 0 Å². The first kappa shape index (κ1) is 14.6. The van der Waals surface area contributed by atoms with Gasteiger partial charge in [0.2, 0.25) is 5.88 Å². The van der Waals surface area contributed by atoms with E-state index in [1.165, 1.54) is 25.7 Å². The molecule has 1 atom stereocenters. The number of piperidine rings is 1. The fraction of sp³-hybridized carbons (Fsp3) is 0.750. The molecule has 0 bridgehead atoms. The van der Waals surface area contributed by atoms with Gasteiger partial charge in [-0.15, -0.1) is 0 Å². The van der Waals surface area contributed by atoms with E-state index in [4.69, 9.17) is 9.47 Å². The van der Waals surface area contributed by atoms with E-state index >= 15 is 0 Å². The standard InChI is InChI=1S/C16H25N3O2/c1-11-15(17-12(2)18-16(11)20-3)19-8-6-13(7-9-19)14-5-4-10-21-14/h13-14H,4-10H2,1-3H3. The first-order valence-electron chi connectivity index (χ1n) is 7.95. The zero-order valence-electron chi connectivity index (χ0n) is 13.3. The van der Waals surface area contributed by atoms with Gasteiger partial charge in [0, 0.05) is 19.7 Å². The van der Waals surface area contributed by atoms with Gasteiger partial charge in [0.25, 0.3) is 0 Å². The molecule has 0 spiro atoms. The van der Waals surface area contributed by atoms with Crippen molar-refractivity contribution in [2.24, 2.45) is 5.92 Å². The molecule has 3 heterocycles. The van der Waals surface area contributed by atoms with Gasteiger partial charge in [-0.3, -0.25) is 0 Å². The highest BCUT2D eigenvalue weighted by Crippen LogP contribution is 2.32. The van der Waals surface area contributed by atoms with Crippen molar-refractivity contribution >= 4 is 5.82 Å². The molecule has 1 aromatic heterocycles. The monoisotopic (exact) mass is 291 g/mol. The predicted octanol–water partition coefficient (Wildman–Crippen LogP) is 2.50. The highest BCUT2D eigenvalue weighted by molar-refractivity contribution is 5.51. The SMILES string of the molecule is COc1nc(C)nc(N2CCC(C3CCCO3)CC2)c1C. The van der Waals surface area contributed by atoms with Crippen molar-refractivity contribution in [3.05, 3.63) is 11.4 Å². The average molecular weight is 291 g/mol. The van der Waals surface area contributed by atoms with E-state index in [0.29, 0.717) is 17.9 Å². The molecular formula is C16H25N3O2. The van der Waals surface area contributed by atoms with E-state index in [2.05, 4.69) is 14.9 Å². The molecule has 0 aliphatic carbocycles. The third kappa shape index (κ3) is 2.98. The summed E-state index contributed by atoms with van der Waals surface area (Å²) < 4.78 is 11.2. The lowest BCUT2D eigenvalue weighted by atomic mass is 9.90. The minimum atomic E-state index is 0.495. The minimum absolute atomic E-state index is 0.495.